The molecule has 1 aromatic carbocycles. The second-order valence-corrected chi connectivity index (χ2v) is 6.41. The van der Waals surface area contributed by atoms with Gasteiger partial charge in [0.15, 0.2) is 11.4 Å². The third-order valence-electron chi connectivity index (χ3n) is 4.10. The molecule has 6 nitrogen and oxygen atoms in total. The van der Waals surface area contributed by atoms with E-state index >= 15 is 0 Å². The number of nitrogens with zero attached hydrogens (tertiary/aromatic N) is 1. The number of aliphatic carboxylic acids is 1. The van der Waals surface area contributed by atoms with Crippen LogP contribution in [-0.4, -0.2) is 34.4 Å². The van der Waals surface area contributed by atoms with Gasteiger partial charge in [-0.3, -0.25) is 14.5 Å². The molecule has 0 saturated carbocycles. The number of ether oxygens (including phenoxy) is 1. The Morgan fingerprint density at radius 1 is 1.29 bits per heavy atom. The molecule has 1 N–H and O–H groups in total. The SMILES string of the molecule is CCCC(=O)c1ccc2c(c1)N(C(CC)C(=O)O)C(=O)C(C)(C)O2. The number of carboxylic acids is 1. The molecule has 1 heterocycles. The summed E-state index contributed by atoms with van der Waals surface area (Å²) in [5.74, 6) is -1.14. The largest absolute Gasteiger partial charge is 0.480 e. The van der Waals surface area contributed by atoms with Gasteiger partial charge in [0.1, 0.15) is 11.8 Å². The fraction of sp³-hybridized carbons (Fsp3) is 0.500. The van der Waals surface area contributed by atoms with Crippen molar-refractivity contribution in [2.75, 3.05) is 4.90 Å². The first-order chi connectivity index (χ1) is 11.2. The number of rotatable bonds is 6. The Morgan fingerprint density at radius 3 is 2.50 bits per heavy atom. The summed E-state index contributed by atoms with van der Waals surface area (Å²) in [5, 5.41) is 9.50. The molecule has 0 radical (unpaired) electrons. The molecule has 6 heteroatoms. The van der Waals surface area contributed by atoms with E-state index in [0.29, 0.717) is 23.4 Å². The van der Waals surface area contributed by atoms with Crippen LogP contribution in [0.25, 0.3) is 0 Å². The van der Waals surface area contributed by atoms with Gasteiger partial charge in [0, 0.05) is 12.0 Å². The third kappa shape index (κ3) is 3.13. The number of carbonyl (C=O) groups excluding carboxylic acids is 2. The summed E-state index contributed by atoms with van der Waals surface area (Å²) >= 11 is 0. The highest BCUT2D eigenvalue weighted by Crippen LogP contribution is 2.40. The van der Waals surface area contributed by atoms with Gasteiger partial charge in [0.05, 0.1) is 5.69 Å². The molecule has 0 aliphatic carbocycles. The molecular weight excluding hydrogens is 310 g/mol. The number of carbonyl (C=O) groups is 3. The monoisotopic (exact) mass is 333 g/mol. The maximum Gasteiger partial charge on any atom is 0.326 e. The van der Waals surface area contributed by atoms with Gasteiger partial charge in [-0.2, -0.15) is 0 Å². The van der Waals surface area contributed by atoms with Crippen LogP contribution in [0.5, 0.6) is 5.75 Å². The van der Waals surface area contributed by atoms with E-state index in [2.05, 4.69) is 0 Å². The van der Waals surface area contributed by atoms with E-state index in [0.717, 1.165) is 6.42 Å². The molecule has 1 aromatic rings. The number of hydrogen-bond donors (Lipinski definition) is 1. The van der Waals surface area contributed by atoms with Crippen molar-refractivity contribution in [2.24, 2.45) is 0 Å². The van der Waals surface area contributed by atoms with Crippen molar-refractivity contribution in [3.8, 4) is 5.75 Å². The molecule has 130 valence electrons. The zero-order chi connectivity index (χ0) is 18.1. The van der Waals surface area contributed by atoms with Crippen LogP contribution in [0.4, 0.5) is 5.69 Å². The number of benzene rings is 1. The van der Waals surface area contributed by atoms with E-state index in [9.17, 15) is 19.5 Å². The van der Waals surface area contributed by atoms with Gasteiger partial charge in [-0.25, -0.2) is 4.79 Å². The van der Waals surface area contributed by atoms with Gasteiger partial charge in [0.2, 0.25) is 0 Å². The Bertz CT molecular complexity index is 680. The maximum absolute atomic E-state index is 12.8. The van der Waals surface area contributed by atoms with Crippen molar-refractivity contribution in [1.82, 2.24) is 0 Å². The van der Waals surface area contributed by atoms with E-state index < -0.39 is 23.5 Å². The van der Waals surface area contributed by atoms with Gasteiger partial charge in [-0.15, -0.1) is 0 Å². The highest BCUT2D eigenvalue weighted by molar-refractivity contribution is 6.07. The van der Waals surface area contributed by atoms with Gasteiger partial charge in [0.25, 0.3) is 5.91 Å². The van der Waals surface area contributed by atoms with Crippen LogP contribution in [0.3, 0.4) is 0 Å². The van der Waals surface area contributed by atoms with Crippen molar-refractivity contribution in [1.29, 1.82) is 0 Å². The summed E-state index contributed by atoms with van der Waals surface area (Å²) < 4.78 is 5.74. The van der Waals surface area contributed by atoms with Crippen molar-refractivity contribution >= 4 is 23.3 Å². The van der Waals surface area contributed by atoms with Crippen molar-refractivity contribution in [3.63, 3.8) is 0 Å². The van der Waals surface area contributed by atoms with E-state index in [-0.39, 0.29) is 12.2 Å². The van der Waals surface area contributed by atoms with Crippen molar-refractivity contribution < 1.29 is 24.2 Å². The Labute approximate surface area is 141 Å². The zero-order valence-electron chi connectivity index (χ0n) is 14.5. The zero-order valence-corrected chi connectivity index (χ0v) is 14.5. The fourth-order valence-electron chi connectivity index (χ4n) is 2.83. The minimum absolute atomic E-state index is 0.0408. The molecule has 0 aromatic heterocycles. The van der Waals surface area contributed by atoms with Crippen LogP contribution in [0.1, 0.15) is 57.3 Å². The number of hydrogen-bond acceptors (Lipinski definition) is 4. The summed E-state index contributed by atoms with van der Waals surface area (Å²) in [5.41, 5.74) is -0.363. The molecule has 1 aliphatic heterocycles. The first-order valence-corrected chi connectivity index (χ1v) is 8.15. The Balaban J connectivity index is 2.58. The van der Waals surface area contributed by atoms with Crippen LogP contribution in [0, 0.1) is 0 Å². The molecule has 24 heavy (non-hydrogen) atoms. The molecule has 1 aliphatic rings. The Hall–Kier alpha value is -2.37. The molecule has 0 fully saturated rings. The van der Waals surface area contributed by atoms with E-state index in [1.807, 2.05) is 6.92 Å². The molecule has 1 atom stereocenters. The molecule has 0 spiro atoms. The summed E-state index contributed by atoms with van der Waals surface area (Å²) in [4.78, 5) is 37.8. The number of Topliss-reactive ketones (excluding diaryl/α,β-unsaturated/α-hetero) is 1. The van der Waals surface area contributed by atoms with Crippen LogP contribution in [-0.2, 0) is 9.59 Å². The number of amides is 1. The lowest BCUT2D eigenvalue weighted by Gasteiger charge is -2.41. The second-order valence-electron chi connectivity index (χ2n) is 6.41. The highest BCUT2D eigenvalue weighted by atomic mass is 16.5. The number of carboxylic acid groups (broad SMARTS) is 1. The van der Waals surface area contributed by atoms with E-state index in [1.54, 1.807) is 39.0 Å². The average Bonchev–Trinajstić information content (AvgIpc) is 2.51. The molecule has 2 rings (SSSR count). The van der Waals surface area contributed by atoms with Crippen LogP contribution < -0.4 is 9.64 Å². The predicted octanol–water partition coefficient (Wildman–Crippen LogP) is 3.04. The first-order valence-electron chi connectivity index (χ1n) is 8.15. The molecule has 1 amide bonds. The lowest BCUT2D eigenvalue weighted by Crippen LogP contribution is -2.57. The van der Waals surface area contributed by atoms with E-state index in [1.165, 1.54) is 4.90 Å². The Morgan fingerprint density at radius 2 is 1.96 bits per heavy atom. The van der Waals surface area contributed by atoms with E-state index in [4.69, 9.17) is 4.74 Å². The third-order valence-corrected chi connectivity index (χ3v) is 4.10. The fourth-order valence-corrected chi connectivity index (χ4v) is 2.83. The van der Waals surface area contributed by atoms with Crippen LogP contribution in [0.2, 0.25) is 0 Å². The van der Waals surface area contributed by atoms with Gasteiger partial charge < -0.3 is 9.84 Å². The first kappa shape index (κ1) is 18.0. The lowest BCUT2D eigenvalue weighted by molar-refractivity contribution is -0.143. The van der Waals surface area contributed by atoms with Crippen molar-refractivity contribution in [2.45, 2.75) is 58.6 Å². The summed E-state index contributed by atoms with van der Waals surface area (Å²) in [7, 11) is 0. The highest BCUT2D eigenvalue weighted by Gasteiger charge is 2.45. The standard InChI is InChI=1S/C18H23NO5/c1-5-7-14(20)11-8-9-15-13(10-11)19(12(6-2)16(21)22)17(23)18(3,4)24-15/h8-10,12H,5-7H2,1-4H3,(H,21,22). The van der Waals surface area contributed by atoms with Gasteiger partial charge in [-0.05, 0) is 44.9 Å². The van der Waals surface area contributed by atoms with Gasteiger partial charge >= 0.3 is 5.97 Å². The summed E-state index contributed by atoms with van der Waals surface area (Å²) in [6.45, 7) is 6.83. The molecule has 0 saturated heterocycles. The minimum atomic E-state index is -1.16. The number of anilines is 1. The van der Waals surface area contributed by atoms with Crippen molar-refractivity contribution in [3.05, 3.63) is 23.8 Å². The number of ketones is 1. The topological polar surface area (TPSA) is 83.9 Å². The Kier molecular flexibility index (Phi) is 4.96. The smallest absolute Gasteiger partial charge is 0.326 e. The number of fused-ring (bicyclic) bond motifs is 1. The average molecular weight is 333 g/mol. The van der Waals surface area contributed by atoms with Gasteiger partial charge in [-0.1, -0.05) is 13.8 Å². The second kappa shape index (κ2) is 6.63. The summed E-state index contributed by atoms with van der Waals surface area (Å²) in [6.07, 6.45) is 1.37. The molecular formula is C18H23NO5. The molecule has 1 unspecified atom stereocenters. The van der Waals surface area contributed by atoms with Crippen LogP contribution >= 0.6 is 0 Å². The minimum Gasteiger partial charge on any atom is -0.480 e. The maximum atomic E-state index is 12.8. The lowest BCUT2D eigenvalue weighted by atomic mass is 9.98. The quantitative estimate of drug-likeness (QED) is 0.809. The normalized spacial score (nSPS) is 17.0. The van der Waals surface area contributed by atoms with Crippen LogP contribution in [0.15, 0.2) is 18.2 Å². The molecule has 0 bridgehead atoms. The predicted molar refractivity (Wildman–Crippen MR) is 89.6 cm³/mol. The summed E-state index contributed by atoms with van der Waals surface area (Å²) in [6, 6.07) is 3.85.